The van der Waals surface area contributed by atoms with Gasteiger partial charge in [-0.1, -0.05) is 32.0 Å². The van der Waals surface area contributed by atoms with Gasteiger partial charge in [-0.3, -0.25) is 4.79 Å². The van der Waals surface area contributed by atoms with Gasteiger partial charge >= 0.3 is 12.1 Å². The van der Waals surface area contributed by atoms with Crippen LogP contribution in [0.3, 0.4) is 0 Å². The van der Waals surface area contributed by atoms with E-state index < -0.39 is 23.7 Å². The highest BCUT2D eigenvalue weighted by Gasteiger charge is 2.29. The normalized spacial score (nSPS) is 12.3. The predicted octanol–water partition coefficient (Wildman–Crippen LogP) is 5.35. The second kappa shape index (κ2) is 9.99. The lowest BCUT2D eigenvalue weighted by Crippen LogP contribution is -2.48. The van der Waals surface area contributed by atoms with Crippen LogP contribution in [0.25, 0.3) is 11.0 Å². The number of hydrogen-bond donors (Lipinski definition) is 1. The minimum Gasteiger partial charge on any atom is -0.457 e. The molecule has 0 fully saturated rings. The molecule has 0 radical (unpaired) electrons. The van der Waals surface area contributed by atoms with Crippen LogP contribution in [-0.2, 0) is 9.53 Å². The molecule has 1 N–H and O–H groups in total. The molecule has 0 spiro atoms. The summed E-state index contributed by atoms with van der Waals surface area (Å²) < 4.78 is 22.2. The van der Waals surface area contributed by atoms with Crippen molar-refractivity contribution in [1.82, 2.24) is 5.32 Å². The van der Waals surface area contributed by atoms with E-state index in [1.54, 1.807) is 65.8 Å². The van der Waals surface area contributed by atoms with Crippen LogP contribution in [0.15, 0.2) is 57.7 Å². The Morgan fingerprint density at radius 3 is 2.29 bits per heavy atom. The van der Waals surface area contributed by atoms with Gasteiger partial charge in [0.1, 0.15) is 34.5 Å². The monoisotopic (exact) mass is 467 g/mol. The third kappa shape index (κ3) is 6.15. The molecule has 0 bridgehead atoms. The number of carbonyl (C=O) groups is 2. The Hall–Kier alpha value is -3.81. The molecule has 3 aromatic rings. The first-order valence-electron chi connectivity index (χ1n) is 11.0. The summed E-state index contributed by atoms with van der Waals surface area (Å²) >= 11 is 0. The van der Waals surface area contributed by atoms with Crippen molar-refractivity contribution in [3.05, 3.63) is 64.5 Å². The van der Waals surface area contributed by atoms with E-state index in [9.17, 15) is 14.4 Å². The Balaban J connectivity index is 1.82. The molecule has 0 aliphatic carbocycles. The van der Waals surface area contributed by atoms with Crippen molar-refractivity contribution in [3.63, 3.8) is 0 Å². The van der Waals surface area contributed by atoms with Gasteiger partial charge in [0, 0.05) is 6.07 Å². The van der Waals surface area contributed by atoms with Crippen molar-refractivity contribution in [3.8, 4) is 17.2 Å². The summed E-state index contributed by atoms with van der Waals surface area (Å²) in [5.41, 5.74) is -0.798. The number of rotatable bonds is 6. The van der Waals surface area contributed by atoms with Gasteiger partial charge in [0.05, 0.1) is 5.39 Å². The largest absolute Gasteiger partial charge is 0.457 e. The van der Waals surface area contributed by atoms with E-state index in [1.807, 2.05) is 6.07 Å². The quantitative estimate of drug-likeness (QED) is 0.385. The van der Waals surface area contributed by atoms with Crippen molar-refractivity contribution in [2.45, 2.75) is 53.2 Å². The molecule has 1 aromatic heterocycles. The highest BCUT2D eigenvalue weighted by molar-refractivity contribution is 5.85. The van der Waals surface area contributed by atoms with E-state index in [0.717, 1.165) is 0 Å². The third-order valence-electron chi connectivity index (χ3n) is 4.76. The number of alkyl carbamates (subject to hydrolysis) is 1. The molecular formula is C26H29NO7. The summed E-state index contributed by atoms with van der Waals surface area (Å²) in [7, 11) is 0. The van der Waals surface area contributed by atoms with Gasteiger partial charge in [0.15, 0.2) is 0 Å². The number of carbonyl (C=O) groups excluding carboxylic acids is 2. The second-order valence-electron chi connectivity index (χ2n) is 9.18. The molecule has 8 nitrogen and oxygen atoms in total. The molecule has 1 amide bonds. The third-order valence-corrected chi connectivity index (χ3v) is 4.76. The zero-order valence-corrected chi connectivity index (χ0v) is 20.1. The average molecular weight is 468 g/mol. The van der Waals surface area contributed by atoms with Gasteiger partial charge in [-0.15, -0.1) is 0 Å². The highest BCUT2D eigenvalue weighted by atomic mass is 16.6. The van der Waals surface area contributed by atoms with Gasteiger partial charge in [-0.25, -0.2) is 9.59 Å². The maximum Gasteiger partial charge on any atom is 0.408 e. The molecule has 0 aliphatic rings. The fourth-order valence-electron chi connectivity index (χ4n) is 3.17. The van der Waals surface area contributed by atoms with Gasteiger partial charge in [-0.05, 0) is 57.9 Å². The Bertz CT molecular complexity index is 1240. The molecule has 1 atom stereocenters. The number of hydrogen-bond acceptors (Lipinski definition) is 7. The fraction of sp³-hybridized carbons (Fsp3) is 0.346. The molecule has 2 aromatic carbocycles. The van der Waals surface area contributed by atoms with Crippen LogP contribution in [0.2, 0.25) is 0 Å². The Morgan fingerprint density at radius 2 is 1.68 bits per heavy atom. The molecule has 3 rings (SSSR count). The topological polar surface area (TPSA) is 104 Å². The number of benzene rings is 2. The van der Waals surface area contributed by atoms with E-state index >= 15 is 0 Å². The number of fused-ring (bicyclic) bond motifs is 1. The van der Waals surface area contributed by atoms with Crippen LogP contribution >= 0.6 is 0 Å². The van der Waals surface area contributed by atoms with Crippen molar-refractivity contribution < 1.29 is 28.2 Å². The van der Waals surface area contributed by atoms with E-state index in [4.69, 9.17) is 18.6 Å². The van der Waals surface area contributed by atoms with Crippen LogP contribution in [-0.4, -0.2) is 23.7 Å². The minimum atomic E-state index is -0.930. The van der Waals surface area contributed by atoms with Crippen molar-refractivity contribution in [2.75, 3.05) is 0 Å². The summed E-state index contributed by atoms with van der Waals surface area (Å²) in [6.45, 7) is 10.4. The number of esters is 1. The molecule has 0 aliphatic heterocycles. The minimum absolute atomic E-state index is 0.0878. The summed E-state index contributed by atoms with van der Waals surface area (Å²) in [6.07, 6.45) is -0.714. The molecule has 8 heteroatoms. The lowest BCUT2D eigenvalue weighted by atomic mass is 10.1. The first-order chi connectivity index (χ1) is 15.9. The molecular weight excluding hydrogens is 438 g/mol. The number of aryl methyl sites for hydroxylation is 1. The maximum absolute atomic E-state index is 13.0. The SMILES string of the molecule is Cc1oc2cc(OC(=O)[C@H](NC(=O)OC(C)(C)C)C(C)C)ccc2c(=O)c1Oc1ccccc1. The molecule has 34 heavy (non-hydrogen) atoms. The first-order valence-corrected chi connectivity index (χ1v) is 11.0. The van der Waals surface area contributed by atoms with Crippen LogP contribution in [0.5, 0.6) is 17.2 Å². The Morgan fingerprint density at radius 1 is 1.00 bits per heavy atom. The van der Waals surface area contributed by atoms with E-state index in [0.29, 0.717) is 5.75 Å². The van der Waals surface area contributed by atoms with Gasteiger partial charge < -0.3 is 23.9 Å². The standard InChI is InChI=1S/C26H29NO7/c1-15(2)21(27-25(30)34-26(4,5)6)24(29)33-18-12-13-19-20(14-18)31-16(3)23(22(19)28)32-17-10-8-7-9-11-17/h7-15,21H,1-6H3,(H,27,30)/t21-/m1/s1. The van der Waals surface area contributed by atoms with Gasteiger partial charge in [0.2, 0.25) is 11.2 Å². The summed E-state index contributed by atoms with van der Waals surface area (Å²) in [4.78, 5) is 37.9. The predicted molar refractivity (Wildman–Crippen MR) is 127 cm³/mol. The van der Waals surface area contributed by atoms with Crippen molar-refractivity contribution in [2.24, 2.45) is 5.92 Å². The van der Waals surface area contributed by atoms with Crippen molar-refractivity contribution in [1.29, 1.82) is 0 Å². The highest BCUT2D eigenvalue weighted by Crippen LogP contribution is 2.27. The molecule has 0 unspecified atom stereocenters. The number of para-hydroxylation sites is 1. The summed E-state index contributed by atoms with van der Waals surface area (Å²) in [6, 6.07) is 12.4. The zero-order chi connectivity index (χ0) is 25.0. The lowest BCUT2D eigenvalue weighted by Gasteiger charge is -2.24. The number of ether oxygens (including phenoxy) is 3. The summed E-state index contributed by atoms with van der Waals surface area (Å²) in [5.74, 6) is 0.149. The van der Waals surface area contributed by atoms with Gasteiger partial charge in [0.25, 0.3) is 0 Å². The first kappa shape index (κ1) is 24.8. The van der Waals surface area contributed by atoms with Gasteiger partial charge in [-0.2, -0.15) is 0 Å². The molecule has 0 saturated carbocycles. The van der Waals surface area contributed by atoms with E-state index in [-0.39, 0.29) is 39.6 Å². The summed E-state index contributed by atoms with van der Waals surface area (Å²) in [5, 5.41) is 2.83. The molecule has 180 valence electrons. The average Bonchev–Trinajstić information content (AvgIpc) is 2.74. The van der Waals surface area contributed by atoms with E-state index in [2.05, 4.69) is 5.32 Å². The lowest BCUT2D eigenvalue weighted by molar-refractivity contribution is -0.137. The number of nitrogens with one attached hydrogen (secondary N) is 1. The van der Waals surface area contributed by atoms with Crippen molar-refractivity contribution >= 4 is 23.0 Å². The zero-order valence-electron chi connectivity index (χ0n) is 20.1. The maximum atomic E-state index is 13.0. The van der Waals surface area contributed by atoms with Crippen LogP contribution in [0, 0.1) is 12.8 Å². The smallest absolute Gasteiger partial charge is 0.408 e. The number of amides is 1. The molecule has 1 heterocycles. The van der Waals surface area contributed by atoms with Crippen LogP contribution < -0.4 is 20.2 Å². The Kier molecular flexibility index (Phi) is 7.29. The molecule has 0 saturated heterocycles. The van der Waals surface area contributed by atoms with E-state index in [1.165, 1.54) is 18.2 Å². The fourth-order valence-corrected chi connectivity index (χ4v) is 3.17. The van der Waals surface area contributed by atoms with Crippen LogP contribution in [0.1, 0.15) is 40.4 Å². The Labute approximate surface area is 197 Å². The second-order valence-corrected chi connectivity index (χ2v) is 9.18. The van der Waals surface area contributed by atoms with Crippen LogP contribution in [0.4, 0.5) is 4.79 Å².